The number of thiazole rings is 1. The number of anilines is 1. The summed E-state index contributed by atoms with van der Waals surface area (Å²) in [6.07, 6.45) is 0.998. The summed E-state index contributed by atoms with van der Waals surface area (Å²) in [6, 6.07) is 13.6. The lowest BCUT2D eigenvalue weighted by atomic mass is 10.2. The predicted octanol–water partition coefficient (Wildman–Crippen LogP) is 3.31. The van der Waals surface area contributed by atoms with Crippen LogP contribution in [0.15, 0.2) is 62.8 Å². The van der Waals surface area contributed by atoms with Gasteiger partial charge in [0, 0.05) is 18.4 Å². The molecule has 1 aromatic heterocycles. The van der Waals surface area contributed by atoms with E-state index in [4.69, 9.17) is 4.74 Å². The van der Waals surface area contributed by atoms with Crippen LogP contribution in [0.5, 0.6) is 5.75 Å². The van der Waals surface area contributed by atoms with Crippen LogP contribution in [0.25, 0.3) is 0 Å². The van der Waals surface area contributed by atoms with Gasteiger partial charge in [-0.2, -0.15) is 0 Å². The summed E-state index contributed by atoms with van der Waals surface area (Å²) in [5.41, 5.74) is 1.71. The van der Waals surface area contributed by atoms with E-state index >= 15 is 0 Å². The zero-order valence-electron chi connectivity index (χ0n) is 16.0. The molecule has 0 amide bonds. The number of rotatable bonds is 7. The highest BCUT2D eigenvalue weighted by Crippen LogP contribution is 2.35. The molecular formula is C19H20N2O5S3. The Balaban J connectivity index is 2.04. The SMILES string of the molecule is COc1ccccc1CNc1sc(S(C)(=O)=O)nc1S(=O)(=O)c1ccc(C)cc1. The Morgan fingerprint density at radius 2 is 1.69 bits per heavy atom. The number of hydrogen-bond acceptors (Lipinski definition) is 8. The van der Waals surface area contributed by atoms with Crippen molar-refractivity contribution in [2.45, 2.75) is 27.7 Å². The highest BCUT2D eigenvalue weighted by Gasteiger charge is 2.29. The van der Waals surface area contributed by atoms with Gasteiger partial charge >= 0.3 is 0 Å². The van der Waals surface area contributed by atoms with Crippen molar-refractivity contribution in [3.05, 3.63) is 59.7 Å². The molecule has 0 aliphatic rings. The maximum atomic E-state index is 13.1. The fourth-order valence-electron chi connectivity index (χ4n) is 2.59. The van der Waals surface area contributed by atoms with Crippen molar-refractivity contribution in [2.24, 2.45) is 0 Å². The van der Waals surface area contributed by atoms with Crippen molar-refractivity contribution in [3.8, 4) is 5.75 Å². The molecule has 0 bridgehead atoms. The summed E-state index contributed by atoms with van der Waals surface area (Å²) in [4.78, 5) is 4.01. The first-order chi connectivity index (χ1) is 13.6. The number of para-hydroxylation sites is 1. The van der Waals surface area contributed by atoms with Gasteiger partial charge in [-0.25, -0.2) is 21.8 Å². The molecule has 0 saturated heterocycles. The Kier molecular flexibility index (Phi) is 5.97. The number of nitrogens with one attached hydrogen (secondary N) is 1. The van der Waals surface area contributed by atoms with Crippen LogP contribution in [0, 0.1) is 6.92 Å². The first kappa shape index (κ1) is 21.3. The first-order valence-corrected chi connectivity index (χ1v) is 12.7. The largest absolute Gasteiger partial charge is 0.496 e. The molecule has 0 aliphatic heterocycles. The third-order valence-electron chi connectivity index (χ3n) is 4.11. The number of nitrogens with zero attached hydrogens (tertiary/aromatic N) is 1. The third kappa shape index (κ3) is 4.60. The molecule has 10 heteroatoms. The van der Waals surface area contributed by atoms with Gasteiger partial charge in [0.05, 0.1) is 12.0 Å². The van der Waals surface area contributed by atoms with E-state index in [1.807, 2.05) is 25.1 Å². The molecule has 154 valence electrons. The van der Waals surface area contributed by atoms with Gasteiger partial charge in [-0.05, 0) is 25.1 Å². The van der Waals surface area contributed by atoms with Crippen LogP contribution < -0.4 is 10.1 Å². The quantitative estimate of drug-likeness (QED) is 0.587. The van der Waals surface area contributed by atoms with E-state index in [2.05, 4.69) is 10.3 Å². The molecule has 0 aliphatic carbocycles. The van der Waals surface area contributed by atoms with Crippen molar-refractivity contribution in [1.29, 1.82) is 0 Å². The van der Waals surface area contributed by atoms with Crippen molar-refractivity contribution >= 4 is 36.0 Å². The lowest BCUT2D eigenvalue weighted by molar-refractivity contribution is 0.410. The van der Waals surface area contributed by atoms with Gasteiger partial charge in [-0.3, -0.25) is 0 Å². The number of benzene rings is 2. The highest BCUT2D eigenvalue weighted by atomic mass is 32.2. The number of hydrogen-bond donors (Lipinski definition) is 1. The normalized spacial score (nSPS) is 12.0. The molecule has 0 atom stereocenters. The van der Waals surface area contributed by atoms with Crippen molar-refractivity contribution in [2.75, 3.05) is 18.7 Å². The number of aryl methyl sites for hydroxylation is 1. The van der Waals surface area contributed by atoms with Crippen LogP contribution in [0.2, 0.25) is 0 Å². The number of sulfone groups is 2. The summed E-state index contributed by atoms with van der Waals surface area (Å²) in [5, 5.41) is 2.88. The Morgan fingerprint density at radius 1 is 1.03 bits per heavy atom. The number of methoxy groups -OCH3 is 1. The van der Waals surface area contributed by atoms with Gasteiger partial charge in [0.1, 0.15) is 10.8 Å². The lowest BCUT2D eigenvalue weighted by Crippen LogP contribution is -2.08. The number of aromatic nitrogens is 1. The second kappa shape index (κ2) is 8.13. The molecule has 3 aromatic rings. The lowest BCUT2D eigenvalue weighted by Gasteiger charge is -2.10. The molecule has 1 heterocycles. The van der Waals surface area contributed by atoms with E-state index in [1.54, 1.807) is 25.3 Å². The van der Waals surface area contributed by atoms with Crippen molar-refractivity contribution in [3.63, 3.8) is 0 Å². The van der Waals surface area contributed by atoms with Gasteiger partial charge in [-0.1, -0.05) is 47.2 Å². The first-order valence-electron chi connectivity index (χ1n) is 8.51. The maximum absolute atomic E-state index is 13.1. The summed E-state index contributed by atoms with van der Waals surface area (Å²) in [5.74, 6) is 0.635. The second-order valence-electron chi connectivity index (χ2n) is 6.37. The van der Waals surface area contributed by atoms with E-state index in [9.17, 15) is 16.8 Å². The van der Waals surface area contributed by atoms with Crippen LogP contribution in [0.1, 0.15) is 11.1 Å². The molecule has 0 saturated carbocycles. The molecule has 0 fully saturated rings. The summed E-state index contributed by atoms with van der Waals surface area (Å²) < 4.78 is 55.3. The van der Waals surface area contributed by atoms with Gasteiger partial charge in [0.15, 0.2) is 5.03 Å². The predicted molar refractivity (Wildman–Crippen MR) is 112 cm³/mol. The minimum Gasteiger partial charge on any atom is -0.496 e. The van der Waals surface area contributed by atoms with E-state index < -0.39 is 19.7 Å². The molecule has 0 unspecified atom stereocenters. The maximum Gasteiger partial charge on any atom is 0.226 e. The Labute approximate surface area is 174 Å². The summed E-state index contributed by atoms with van der Waals surface area (Å²) in [7, 11) is -6.13. The average Bonchev–Trinajstić information content (AvgIpc) is 3.12. The molecule has 1 N–H and O–H groups in total. The van der Waals surface area contributed by atoms with Crippen molar-refractivity contribution < 1.29 is 21.6 Å². The highest BCUT2D eigenvalue weighted by molar-refractivity contribution is 7.93. The topological polar surface area (TPSA) is 102 Å². The van der Waals surface area contributed by atoms with Gasteiger partial charge < -0.3 is 10.1 Å². The fraction of sp³-hybridized carbons (Fsp3) is 0.211. The van der Waals surface area contributed by atoms with Gasteiger partial charge in [0.25, 0.3) is 0 Å². The summed E-state index contributed by atoms with van der Waals surface area (Å²) in [6.45, 7) is 2.09. The van der Waals surface area contributed by atoms with E-state index in [0.29, 0.717) is 5.75 Å². The second-order valence-corrected chi connectivity index (χ2v) is 11.4. The smallest absolute Gasteiger partial charge is 0.226 e. The van der Waals surface area contributed by atoms with Crippen LogP contribution in [0.3, 0.4) is 0 Å². The molecule has 29 heavy (non-hydrogen) atoms. The molecule has 2 aromatic carbocycles. The molecule has 3 rings (SSSR count). The molecule has 7 nitrogen and oxygen atoms in total. The standard InChI is InChI=1S/C19H20N2O5S3/c1-13-8-10-15(11-9-13)29(24,25)18-17(27-19(21-18)28(3,22)23)20-12-14-6-4-5-7-16(14)26-2/h4-11,20H,12H2,1-3H3. The third-order valence-corrected chi connectivity index (χ3v) is 8.63. The Hall–Kier alpha value is -2.43. The minimum atomic E-state index is -4.00. The van der Waals surface area contributed by atoms with Crippen molar-refractivity contribution in [1.82, 2.24) is 4.98 Å². The number of ether oxygens (including phenoxy) is 1. The van der Waals surface area contributed by atoms with Gasteiger partial charge in [0.2, 0.25) is 24.0 Å². The van der Waals surface area contributed by atoms with Crippen LogP contribution in [-0.4, -0.2) is 35.2 Å². The summed E-state index contributed by atoms with van der Waals surface area (Å²) >= 11 is 0.794. The molecular weight excluding hydrogens is 432 g/mol. The van der Waals surface area contributed by atoms with E-state index in [0.717, 1.165) is 28.7 Å². The van der Waals surface area contributed by atoms with Crippen LogP contribution in [0.4, 0.5) is 5.00 Å². The Bertz CT molecular complexity index is 1230. The van der Waals surface area contributed by atoms with E-state index in [-0.39, 0.29) is 25.8 Å². The van der Waals surface area contributed by atoms with Gasteiger partial charge in [-0.15, -0.1) is 0 Å². The molecule has 0 radical (unpaired) electrons. The monoisotopic (exact) mass is 452 g/mol. The van der Waals surface area contributed by atoms with Crippen LogP contribution in [-0.2, 0) is 26.2 Å². The van der Waals surface area contributed by atoms with E-state index in [1.165, 1.54) is 12.1 Å². The zero-order chi connectivity index (χ0) is 21.2. The zero-order valence-corrected chi connectivity index (χ0v) is 18.5. The molecule has 0 spiro atoms. The Morgan fingerprint density at radius 3 is 2.31 bits per heavy atom. The van der Waals surface area contributed by atoms with Crippen LogP contribution >= 0.6 is 11.3 Å². The fourth-order valence-corrected chi connectivity index (χ4v) is 6.11. The average molecular weight is 453 g/mol. The minimum absolute atomic E-state index is 0.0498.